The summed E-state index contributed by atoms with van der Waals surface area (Å²) in [4.78, 5) is 43.9. The third-order valence-corrected chi connectivity index (χ3v) is 8.94. The predicted molar refractivity (Wildman–Crippen MR) is 192 cm³/mol. The molecule has 2 amide bonds. The predicted octanol–water partition coefficient (Wildman–Crippen LogP) is 2.54. The molecule has 1 aromatic heterocycles. The molecule has 0 spiro atoms. The Balaban J connectivity index is 1.28. The van der Waals surface area contributed by atoms with Crippen LogP contribution in [0, 0.1) is 5.92 Å². The fourth-order valence-corrected chi connectivity index (χ4v) is 6.34. The van der Waals surface area contributed by atoms with E-state index in [0.717, 1.165) is 25.7 Å². The van der Waals surface area contributed by atoms with Gasteiger partial charge in [-0.3, -0.25) is 14.8 Å². The van der Waals surface area contributed by atoms with Crippen molar-refractivity contribution >= 4 is 46.7 Å². The van der Waals surface area contributed by atoms with Crippen molar-refractivity contribution in [2.45, 2.75) is 76.5 Å². The number of hydrogen-bond acceptors (Lipinski definition) is 13. The van der Waals surface area contributed by atoms with Crippen LogP contribution in [0.2, 0.25) is 0 Å². The van der Waals surface area contributed by atoms with Gasteiger partial charge < -0.3 is 43.4 Å². The van der Waals surface area contributed by atoms with E-state index in [9.17, 15) is 14.8 Å². The van der Waals surface area contributed by atoms with Gasteiger partial charge in [-0.25, -0.2) is 0 Å². The molecule has 0 saturated carbocycles. The number of anilines is 6. The zero-order valence-electron chi connectivity index (χ0n) is 28.3. The van der Waals surface area contributed by atoms with E-state index in [2.05, 4.69) is 27.5 Å². The van der Waals surface area contributed by atoms with Crippen molar-refractivity contribution in [3.05, 3.63) is 54.1 Å². The van der Waals surface area contributed by atoms with E-state index in [1.165, 1.54) is 0 Å². The van der Waals surface area contributed by atoms with Crippen LogP contribution in [0.15, 0.2) is 48.5 Å². The molecule has 3 heterocycles. The van der Waals surface area contributed by atoms with Crippen molar-refractivity contribution in [1.29, 1.82) is 0 Å². The molecule has 5 atom stereocenters. The second-order valence-corrected chi connectivity index (χ2v) is 13.2. The Kier molecular flexibility index (Phi) is 12.0. The summed E-state index contributed by atoms with van der Waals surface area (Å²) in [7, 11) is 0. The molecule has 15 heteroatoms. The molecule has 2 aliphatic rings. The van der Waals surface area contributed by atoms with Gasteiger partial charge in [-0.15, -0.1) is 0 Å². The van der Waals surface area contributed by atoms with E-state index in [1.54, 1.807) is 48.5 Å². The van der Waals surface area contributed by atoms with Gasteiger partial charge in [0.15, 0.2) is 0 Å². The Bertz CT molecular complexity index is 1490. The van der Waals surface area contributed by atoms with E-state index >= 15 is 0 Å². The fraction of sp³-hybridized carbons (Fsp3) is 0.500. The summed E-state index contributed by atoms with van der Waals surface area (Å²) in [6.07, 6.45) is 5.07. The largest absolute Gasteiger partial charge is 0.338 e. The number of piperidine rings is 2. The topological polar surface area (TPSA) is 231 Å². The molecule has 0 aliphatic carbocycles. The lowest BCUT2D eigenvalue weighted by molar-refractivity contribution is -0.120. The van der Waals surface area contributed by atoms with Gasteiger partial charge in [-0.05, 0) is 74.2 Å². The minimum atomic E-state index is -0.616. The number of nitrogens with two attached hydrogens (primary N) is 4. The number of unbranched alkanes of at least 4 members (excludes halogenated alkanes) is 1. The van der Waals surface area contributed by atoms with E-state index < -0.39 is 5.91 Å². The van der Waals surface area contributed by atoms with Crippen LogP contribution in [0.5, 0.6) is 0 Å². The molecule has 3 aromatic rings. The molecule has 0 bridgehead atoms. The molecule has 15 nitrogen and oxygen atoms in total. The molecular weight excluding hydrogens is 624 g/mol. The number of hydroxylamine groups is 1. The Morgan fingerprint density at radius 2 is 1.33 bits per heavy atom. The van der Waals surface area contributed by atoms with Crippen LogP contribution in [0.1, 0.15) is 62.7 Å². The highest BCUT2D eigenvalue weighted by molar-refractivity contribution is 6.04. The average Bonchev–Trinajstić information content (AvgIpc) is 3.07. The van der Waals surface area contributed by atoms with E-state index in [4.69, 9.17) is 27.9 Å². The van der Waals surface area contributed by atoms with E-state index in [0.29, 0.717) is 73.3 Å². The highest BCUT2D eigenvalue weighted by atomic mass is 16.5. The van der Waals surface area contributed by atoms with Crippen LogP contribution in [0.4, 0.5) is 34.9 Å². The highest BCUT2D eigenvalue weighted by Crippen LogP contribution is 2.25. The van der Waals surface area contributed by atoms with Crippen LogP contribution < -0.4 is 48.4 Å². The second kappa shape index (κ2) is 16.3. The summed E-state index contributed by atoms with van der Waals surface area (Å²) in [5, 5.41) is 17.5. The summed E-state index contributed by atoms with van der Waals surface area (Å²) in [6.45, 7) is 6.33. The molecule has 2 fully saturated rings. The van der Waals surface area contributed by atoms with E-state index in [1.807, 2.05) is 16.7 Å². The molecule has 1 unspecified atom stereocenters. The van der Waals surface area contributed by atoms with Crippen LogP contribution in [0.25, 0.3) is 0 Å². The van der Waals surface area contributed by atoms with Crippen molar-refractivity contribution in [1.82, 2.24) is 15.0 Å². The van der Waals surface area contributed by atoms with Gasteiger partial charge in [-0.2, -0.15) is 20.0 Å². The Morgan fingerprint density at radius 3 is 1.82 bits per heavy atom. The third kappa shape index (κ3) is 9.39. The van der Waals surface area contributed by atoms with Crippen molar-refractivity contribution in [2.24, 2.45) is 28.9 Å². The Labute approximate surface area is 287 Å². The minimum Gasteiger partial charge on any atom is -0.338 e. The van der Waals surface area contributed by atoms with Crippen molar-refractivity contribution in [3.63, 3.8) is 0 Å². The monoisotopic (exact) mass is 674 g/mol. The molecule has 2 aromatic carbocycles. The summed E-state index contributed by atoms with van der Waals surface area (Å²) in [5.74, 6) is 0.489. The quantitative estimate of drug-likeness (QED) is 0.108. The molecular formula is C34H50N12O3. The molecule has 2 saturated heterocycles. The van der Waals surface area contributed by atoms with Gasteiger partial charge in [0.25, 0.3) is 5.91 Å². The zero-order valence-corrected chi connectivity index (χ0v) is 28.3. The Morgan fingerprint density at radius 1 is 0.816 bits per heavy atom. The van der Waals surface area contributed by atoms with Crippen LogP contribution in [-0.2, 0) is 4.79 Å². The first-order valence-corrected chi connectivity index (χ1v) is 17.1. The van der Waals surface area contributed by atoms with E-state index in [-0.39, 0.29) is 47.2 Å². The Hall–Kier alpha value is -4.41. The maximum Gasteiger partial charge on any atom is 0.281 e. The summed E-state index contributed by atoms with van der Waals surface area (Å²) >= 11 is 0. The van der Waals surface area contributed by atoms with Gasteiger partial charge in [0.1, 0.15) is 0 Å². The van der Waals surface area contributed by atoms with Crippen molar-refractivity contribution < 1.29 is 14.8 Å². The minimum absolute atomic E-state index is 0.0290. The number of rotatable bonds is 12. The second-order valence-electron chi connectivity index (χ2n) is 13.2. The van der Waals surface area contributed by atoms with Gasteiger partial charge in [-0.1, -0.05) is 26.7 Å². The number of nitrogens with one attached hydrogen (secondary N) is 2. The first kappa shape index (κ1) is 35.9. The first-order chi connectivity index (χ1) is 23.5. The summed E-state index contributed by atoms with van der Waals surface area (Å²) in [6, 6.07) is 12.6. The van der Waals surface area contributed by atoms with Crippen molar-refractivity contribution in [2.75, 3.05) is 51.7 Å². The van der Waals surface area contributed by atoms with Crippen LogP contribution in [0.3, 0.4) is 0 Å². The lowest BCUT2D eigenvalue weighted by atomic mass is 9.98. The first-order valence-electron chi connectivity index (χ1n) is 17.1. The molecule has 5 rings (SSSR count). The number of amides is 2. The number of nitrogens with zero attached hydrogens (tertiary/aromatic N) is 6. The lowest BCUT2D eigenvalue weighted by Crippen LogP contribution is -2.54. The van der Waals surface area contributed by atoms with Gasteiger partial charge in [0, 0.05) is 73.2 Å². The number of aromatic nitrogens is 3. The van der Waals surface area contributed by atoms with Crippen molar-refractivity contribution in [3.8, 4) is 0 Å². The number of carbonyl (C=O) groups excluding carboxylic acids is 2. The molecule has 11 N–H and O–H groups in total. The SMILES string of the molecule is CCCCC(CC)C(=O)Nc1ccc(N(O)C(=O)c2ccc(Nc3nc(N4C[C@H](N)C[C@H](N)C4)nc(N4C[C@H](N)C[C@H](N)C4)n3)cc2)cc1. The van der Waals surface area contributed by atoms with Gasteiger partial charge in [0.05, 0.1) is 5.69 Å². The van der Waals surface area contributed by atoms with Crippen LogP contribution in [-0.4, -0.2) is 82.3 Å². The maximum absolute atomic E-state index is 13.2. The standard InChI is InChI=1S/C34H50N12O3/c1-3-5-6-21(4-2)30(47)39-27-11-13-29(14-12-27)46(49)31(48)22-7-9-28(10-8-22)40-32-41-33(44-17-23(35)15-24(36)18-44)43-34(42-32)45-19-25(37)16-26(38)20-45/h7-14,21,23-26,49H,3-6,15-20,35-38H2,1-2H3,(H,39,47)(H,40,41,42,43)/t21?,23-,24+,25-,26+. The normalized spacial score (nSPS) is 21.6. The summed E-state index contributed by atoms with van der Waals surface area (Å²) < 4.78 is 0. The summed E-state index contributed by atoms with van der Waals surface area (Å²) in [5.41, 5.74) is 26.8. The fourth-order valence-electron chi connectivity index (χ4n) is 6.34. The molecule has 49 heavy (non-hydrogen) atoms. The number of benzene rings is 2. The number of carbonyl (C=O) groups is 2. The highest BCUT2D eigenvalue weighted by Gasteiger charge is 2.29. The van der Waals surface area contributed by atoms with Crippen LogP contribution >= 0.6 is 0 Å². The maximum atomic E-state index is 13.2. The van der Waals surface area contributed by atoms with Gasteiger partial charge in [0.2, 0.25) is 23.8 Å². The van der Waals surface area contributed by atoms with Gasteiger partial charge >= 0.3 is 0 Å². The smallest absolute Gasteiger partial charge is 0.281 e. The number of hydrogen-bond donors (Lipinski definition) is 7. The zero-order chi connectivity index (χ0) is 35.1. The third-order valence-electron chi connectivity index (χ3n) is 8.94. The molecule has 0 radical (unpaired) electrons. The molecule has 2 aliphatic heterocycles. The average molecular weight is 675 g/mol. The molecule has 264 valence electrons. The lowest BCUT2D eigenvalue weighted by Gasteiger charge is -2.37.